The summed E-state index contributed by atoms with van der Waals surface area (Å²) in [5, 5.41) is 3.67. The van der Waals surface area contributed by atoms with Gasteiger partial charge in [0.2, 0.25) is 0 Å². The molecule has 0 atom stereocenters. The molecule has 1 aliphatic heterocycles. The lowest BCUT2D eigenvalue weighted by Crippen LogP contribution is -2.53. The highest BCUT2D eigenvalue weighted by Gasteiger charge is 2.53. The van der Waals surface area contributed by atoms with Gasteiger partial charge in [-0.2, -0.15) is 0 Å². The van der Waals surface area contributed by atoms with Crippen LogP contribution in [0.4, 0.5) is 5.69 Å². The molecule has 1 aromatic carbocycles. The molecule has 26 heavy (non-hydrogen) atoms. The molecule has 144 valence electrons. The fourth-order valence-electron chi connectivity index (χ4n) is 4.22. The first kappa shape index (κ1) is 19.6. The molecule has 0 bridgehead atoms. The van der Waals surface area contributed by atoms with Gasteiger partial charge in [-0.3, -0.25) is 4.99 Å². The molecule has 2 saturated carbocycles. The van der Waals surface area contributed by atoms with E-state index in [0.29, 0.717) is 5.41 Å². The number of ether oxygens (including phenoxy) is 1. The van der Waals surface area contributed by atoms with Gasteiger partial charge in [-0.1, -0.05) is 12.1 Å². The van der Waals surface area contributed by atoms with E-state index in [4.69, 9.17) is 4.74 Å². The van der Waals surface area contributed by atoms with Crippen LogP contribution in [0.25, 0.3) is 0 Å². The first-order valence-electron chi connectivity index (χ1n) is 9.59. The number of guanidine groups is 1. The van der Waals surface area contributed by atoms with E-state index in [-0.39, 0.29) is 24.0 Å². The van der Waals surface area contributed by atoms with E-state index < -0.39 is 0 Å². The Balaban J connectivity index is 0.00000196. The smallest absolute Gasteiger partial charge is 0.193 e. The Bertz CT molecular complexity index is 634. The number of rotatable bonds is 5. The van der Waals surface area contributed by atoms with Crippen LogP contribution in [0.15, 0.2) is 29.3 Å². The van der Waals surface area contributed by atoms with Crippen molar-refractivity contribution >= 4 is 35.6 Å². The lowest BCUT2D eigenvalue weighted by atomic mass is 10.0. The van der Waals surface area contributed by atoms with E-state index in [0.717, 1.165) is 50.4 Å². The Morgan fingerprint density at radius 1 is 1.19 bits per heavy atom. The summed E-state index contributed by atoms with van der Waals surface area (Å²) in [6.07, 6.45) is 5.70. The van der Waals surface area contributed by atoms with Gasteiger partial charge in [-0.05, 0) is 49.1 Å². The highest BCUT2D eigenvalue weighted by Crippen LogP contribution is 2.60. The second-order valence-corrected chi connectivity index (χ2v) is 7.68. The molecule has 1 heterocycles. The number of methoxy groups -OCH3 is 1. The lowest BCUT2D eigenvalue weighted by molar-refractivity contribution is 0.356. The fourth-order valence-corrected chi connectivity index (χ4v) is 4.22. The highest BCUT2D eigenvalue weighted by molar-refractivity contribution is 14.0. The number of para-hydroxylation sites is 2. The molecule has 4 rings (SSSR count). The first-order valence-corrected chi connectivity index (χ1v) is 9.59. The Morgan fingerprint density at radius 3 is 2.46 bits per heavy atom. The number of halogens is 1. The number of piperazine rings is 1. The lowest BCUT2D eigenvalue weighted by Gasteiger charge is -2.38. The molecule has 1 N–H and O–H groups in total. The van der Waals surface area contributed by atoms with Crippen molar-refractivity contribution < 1.29 is 4.74 Å². The number of hydrogen-bond acceptors (Lipinski definition) is 3. The van der Waals surface area contributed by atoms with Crippen molar-refractivity contribution in [2.75, 3.05) is 51.8 Å². The number of benzene rings is 1. The van der Waals surface area contributed by atoms with Gasteiger partial charge < -0.3 is 19.9 Å². The number of aliphatic imine (C=N–C) groups is 1. The van der Waals surface area contributed by atoms with E-state index in [1.807, 2.05) is 19.2 Å². The van der Waals surface area contributed by atoms with E-state index in [1.165, 1.54) is 31.4 Å². The van der Waals surface area contributed by atoms with Crippen molar-refractivity contribution in [3.05, 3.63) is 24.3 Å². The third-order valence-electron chi connectivity index (χ3n) is 6.15. The minimum atomic E-state index is 0. The van der Waals surface area contributed by atoms with E-state index in [2.05, 4.69) is 32.2 Å². The summed E-state index contributed by atoms with van der Waals surface area (Å²) in [6, 6.07) is 8.29. The number of anilines is 1. The van der Waals surface area contributed by atoms with Crippen LogP contribution in [0.1, 0.15) is 25.7 Å². The molecule has 1 aromatic rings. The molecule has 0 amide bonds. The third-order valence-corrected chi connectivity index (χ3v) is 6.15. The Morgan fingerprint density at radius 2 is 1.88 bits per heavy atom. The van der Waals surface area contributed by atoms with Gasteiger partial charge in [0.25, 0.3) is 0 Å². The second-order valence-electron chi connectivity index (χ2n) is 7.68. The molecule has 3 aliphatic rings. The van der Waals surface area contributed by atoms with Crippen LogP contribution in [0.3, 0.4) is 0 Å². The predicted molar refractivity (Wildman–Crippen MR) is 118 cm³/mol. The van der Waals surface area contributed by atoms with Gasteiger partial charge in [-0.25, -0.2) is 0 Å². The van der Waals surface area contributed by atoms with E-state index in [9.17, 15) is 0 Å². The van der Waals surface area contributed by atoms with Crippen LogP contribution in [0, 0.1) is 11.3 Å². The van der Waals surface area contributed by atoms with Gasteiger partial charge in [0.1, 0.15) is 5.75 Å². The quantitative estimate of drug-likeness (QED) is 0.408. The largest absolute Gasteiger partial charge is 0.495 e. The van der Waals surface area contributed by atoms with Gasteiger partial charge in [-0.15, -0.1) is 24.0 Å². The van der Waals surface area contributed by atoms with Crippen LogP contribution in [-0.2, 0) is 0 Å². The van der Waals surface area contributed by atoms with Crippen LogP contribution in [-0.4, -0.2) is 57.7 Å². The highest BCUT2D eigenvalue weighted by atomic mass is 127. The minimum Gasteiger partial charge on any atom is -0.495 e. The zero-order chi connectivity index (χ0) is 17.3. The molecule has 6 heteroatoms. The standard InChI is InChI=1S/C20H30N4O.HI/c1-21-19(22-15-20(9-10-20)16-7-8-16)24-13-11-23(12-14-24)17-5-3-4-6-18(17)25-2;/h3-6,16H,7-15H2,1-2H3,(H,21,22);1H. The van der Waals surface area contributed by atoms with Crippen molar-refractivity contribution in [2.45, 2.75) is 25.7 Å². The molecule has 5 nitrogen and oxygen atoms in total. The summed E-state index contributed by atoms with van der Waals surface area (Å²) in [5.74, 6) is 3.02. The van der Waals surface area contributed by atoms with Crippen LogP contribution < -0.4 is 15.0 Å². The monoisotopic (exact) mass is 470 g/mol. The molecule has 0 radical (unpaired) electrons. The SMILES string of the molecule is CN=C(NCC1(C2CC2)CC1)N1CCN(c2ccccc2OC)CC1.I. The summed E-state index contributed by atoms with van der Waals surface area (Å²) < 4.78 is 5.51. The summed E-state index contributed by atoms with van der Waals surface area (Å²) in [5.41, 5.74) is 1.80. The molecule has 0 spiro atoms. The summed E-state index contributed by atoms with van der Waals surface area (Å²) in [7, 11) is 3.65. The molecule has 0 aromatic heterocycles. The molecule has 2 aliphatic carbocycles. The zero-order valence-electron chi connectivity index (χ0n) is 15.9. The van der Waals surface area contributed by atoms with Gasteiger partial charge in [0.15, 0.2) is 5.96 Å². The average Bonchev–Trinajstić information content (AvgIpc) is 3.56. The van der Waals surface area contributed by atoms with Gasteiger partial charge >= 0.3 is 0 Å². The number of hydrogen-bond donors (Lipinski definition) is 1. The Labute approximate surface area is 174 Å². The van der Waals surface area contributed by atoms with Crippen molar-refractivity contribution in [3.8, 4) is 5.75 Å². The zero-order valence-corrected chi connectivity index (χ0v) is 18.2. The van der Waals surface area contributed by atoms with Crippen molar-refractivity contribution in [2.24, 2.45) is 16.3 Å². The maximum absolute atomic E-state index is 5.51. The number of nitrogens with one attached hydrogen (secondary N) is 1. The van der Waals surface area contributed by atoms with Crippen molar-refractivity contribution in [1.82, 2.24) is 10.2 Å². The van der Waals surface area contributed by atoms with Crippen LogP contribution >= 0.6 is 24.0 Å². The van der Waals surface area contributed by atoms with E-state index in [1.54, 1.807) is 7.11 Å². The third kappa shape index (κ3) is 4.05. The summed E-state index contributed by atoms with van der Waals surface area (Å²) >= 11 is 0. The molecular formula is C20H31IN4O. The minimum absolute atomic E-state index is 0. The normalized spacial score (nSPS) is 21.8. The first-order chi connectivity index (χ1) is 12.3. The maximum atomic E-state index is 5.51. The topological polar surface area (TPSA) is 40.1 Å². The molecule has 3 fully saturated rings. The summed E-state index contributed by atoms with van der Waals surface area (Å²) in [4.78, 5) is 9.35. The van der Waals surface area contributed by atoms with E-state index >= 15 is 0 Å². The van der Waals surface area contributed by atoms with Crippen LogP contribution in [0.2, 0.25) is 0 Å². The molecule has 1 saturated heterocycles. The van der Waals surface area contributed by atoms with Gasteiger partial charge in [0.05, 0.1) is 12.8 Å². The fraction of sp³-hybridized carbons (Fsp3) is 0.650. The second kappa shape index (κ2) is 8.23. The number of nitrogens with zero attached hydrogens (tertiary/aromatic N) is 3. The molecular weight excluding hydrogens is 439 g/mol. The predicted octanol–water partition coefficient (Wildman–Crippen LogP) is 3.20. The van der Waals surface area contributed by atoms with Crippen molar-refractivity contribution in [1.29, 1.82) is 0 Å². The summed E-state index contributed by atoms with van der Waals surface area (Å²) in [6.45, 7) is 5.09. The Kier molecular flexibility index (Phi) is 6.20. The van der Waals surface area contributed by atoms with Crippen LogP contribution in [0.5, 0.6) is 5.75 Å². The maximum Gasteiger partial charge on any atom is 0.193 e. The Hall–Kier alpha value is -1.18. The van der Waals surface area contributed by atoms with Gasteiger partial charge in [0, 0.05) is 39.8 Å². The molecule has 0 unspecified atom stereocenters. The van der Waals surface area contributed by atoms with Crippen molar-refractivity contribution in [3.63, 3.8) is 0 Å². The average molecular weight is 470 g/mol.